The van der Waals surface area contributed by atoms with E-state index >= 15 is 0 Å². The summed E-state index contributed by atoms with van der Waals surface area (Å²) in [5.41, 5.74) is 0. The Morgan fingerprint density at radius 1 is 1.04 bits per heavy atom. The number of rotatable bonds is 13. The highest BCUT2D eigenvalue weighted by atomic mass is 16.5. The van der Waals surface area contributed by atoms with Crippen molar-refractivity contribution in [3.8, 4) is 0 Å². The lowest BCUT2D eigenvalue weighted by molar-refractivity contribution is -0.873. The van der Waals surface area contributed by atoms with E-state index in [1.54, 1.807) is 0 Å². The number of ether oxygens (including phenoxy) is 1. The fourth-order valence-electron chi connectivity index (χ4n) is 2.44. The smallest absolute Gasteiger partial charge is 0.308 e. The fraction of sp³-hybridized carbons (Fsp3) is 0.882. The van der Waals surface area contributed by atoms with Crippen molar-refractivity contribution in [3.63, 3.8) is 0 Å². The third-order valence-corrected chi connectivity index (χ3v) is 3.57. The van der Waals surface area contributed by atoms with Crippen molar-refractivity contribution in [3.05, 3.63) is 0 Å². The Morgan fingerprint density at radius 3 is 2.12 bits per heavy atom. The van der Waals surface area contributed by atoms with Gasteiger partial charge in [0.15, 0.2) is 6.10 Å². The monoisotopic (exact) mass is 347 g/mol. The first-order valence-corrected chi connectivity index (χ1v) is 8.59. The van der Waals surface area contributed by atoms with Gasteiger partial charge < -0.3 is 29.3 Å². The zero-order chi connectivity index (χ0) is 18.8. The van der Waals surface area contributed by atoms with E-state index in [4.69, 9.17) is 4.74 Å². The zero-order valence-corrected chi connectivity index (χ0v) is 15.4. The Kier molecular flexibility index (Phi) is 10.8. The number of hydrogen-bond donors (Lipinski definition) is 2. The Morgan fingerprint density at radius 2 is 1.62 bits per heavy atom. The summed E-state index contributed by atoms with van der Waals surface area (Å²) in [4.78, 5) is 22.7. The number of carbonyl (C=O) groups is 2. The molecule has 142 valence electrons. The molecule has 3 unspecified atom stereocenters. The highest BCUT2D eigenvalue weighted by molar-refractivity contribution is 5.71. The minimum Gasteiger partial charge on any atom is -0.550 e. The predicted octanol–water partition coefficient (Wildman–Crippen LogP) is -0.173. The van der Waals surface area contributed by atoms with Crippen molar-refractivity contribution in [2.75, 3.05) is 27.7 Å². The Bertz CT molecular complexity index is 380. The van der Waals surface area contributed by atoms with Gasteiger partial charge in [-0.2, -0.15) is 0 Å². The first kappa shape index (κ1) is 22.8. The van der Waals surface area contributed by atoms with Crippen molar-refractivity contribution >= 4 is 11.9 Å². The van der Waals surface area contributed by atoms with Crippen LogP contribution in [-0.2, 0) is 14.3 Å². The Balaban J connectivity index is 4.28. The van der Waals surface area contributed by atoms with E-state index in [0.29, 0.717) is 30.3 Å². The van der Waals surface area contributed by atoms with E-state index in [9.17, 15) is 24.9 Å². The van der Waals surface area contributed by atoms with Crippen LogP contribution in [0.25, 0.3) is 0 Å². The molecule has 7 nitrogen and oxygen atoms in total. The molecule has 0 saturated heterocycles. The van der Waals surface area contributed by atoms with Gasteiger partial charge in [0.1, 0.15) is 6.54 Å². The normalized spacial score (nSPS) is 15.6. The van der Waals surface area contributed by atoms with E-state index in [1.807, 2.05) is 28.1 Å². The fourth-order valence-corrected chi connectivity index (χ4v) is 2.44. The van der Waals surface area contributed by atoms with Gasteiger partial charge in [-0.15, -0.1) is 0 Å². The summed E-state index contributed by atoms with van der Waals surface area (Å²) < 4.78 is 5.62. The van der Waals surface area contributed by atoms with Crippen LogP contribution in [0.1, 0.15) is 51.9 Å². The zero-order valence-electron chi connectivity index (χ0n) is 15.4. The van der Waals surface area contributed by atoms with Gasteiger partial charge in [0.2, 0.25) is 0 Å². The number of likely N-dealkylation sites (N-methyl/N-ethyl adjacent to an activating group) is 1. The van der Waals surface area contributed by atoms with Gasteiger partial charge in [0.05, 0.1) is 39.8 Å². The lowest BCUT2D eigenvalue weighted by atomic mass is 10.0. The molecule has 0 heterocycles. The molecule has 0 aromatic carbocycles. The quantitative estimate of drug-likeness (QED) is 0.354. The second-order valence-electron chi connectivity index (χ2n) is 7.39. The summed E-state index contributed by atoms with van der Waals surface area (Å²) in [7, 11) is 5.59. The van der Waals surface area contributed by atoms with Crippen LogP contribution in [0.5, 0.6) is 0 Å². The molecule has 0 spiro atoms. The molecule has 0 saturated carbocycles. The van der Waals surface area contributed by atoms with E-state index in [2.05, 4.69) is 0 Å². The highest BCUT2D eigenvalue weighted by Gasteiger charge is 2.23. The molecule has 0 aliphatic rings. The lowest BCUT2D eigenvalue weighted by Crippen LogP contribution is -2.45. The molecular formula is C17H33NO6. The first-order valence-electron chi connectivity index (χ1n) is 8.59. The molecule has 0 fully saturated rings. The minimum absolute atomic E-state index is 0.207. The van der Waals surface area contributed by atoms with Crippen LogP contribution in [0.15, 0.2) is 0 Å². The van der Waals surface area contributed by atoms with Gasteiger partial charge in [-0.25, -0.2) is 0 Å². The van der Waals surface area contributed by atoms with Crippen molar-refractivity contribution in [1.29, 1.82) is 0 Å². The molecule has 2 N–H and O–H groups in total. The second-order valence-corrected chi connectivity index (χ2v) is 7.39. The molecule has 0 aromatic rings. The van der Waals surface area contributed by atoms with Gasteiger partial charge in [-0.1, -0.05) is 19.8 Å². The van der Waals surface area contributed by atoms with Crippen LogP contribution < -0.4 is 5.11 Å². The molecule has 7 heteroatoms. The van der Waals surface area contributed by atoms with Crippen LogP contribution in [0.2, 0.25) is 0 Å². The Labute approximate surface area is 144 Å². The lowest BCUT2D eigenvalue weighted by Gasteiger charge is -2.29. The molecular weight excluding hydrogens is 314 g/mol. The minimum atomic E-state index is -1.28. The summed E-state index contributed by atoms with van der Waals surface area (Å²) in [6.45, 7) is 2.38. The topological polar surface area (TPSA) is 107 Å². The van der Waals surface area contributed by atoms with Crippen molar-refractivity contribution in [1.82, 2.24) is 0 Å². The van der Waals surface area contributed by atoms with Crippen LogP contribution in [-0.4, -0.2) is 72.6 Å². The van der Waals surface area contributed by atoms with E-state index in [1.165, 1.54) is 0 Å². The molecule has 0 aliphatic carbocycles. The van der Waals surface area contributed by atoms with Crippen molar-refractivity contribution in [2.24, 2.45) is 0 Å². The van der Waals surface area contributed by atoms with Gasteiger partial charge in [-0.05, 0) is 19.3 Å². The second kappa shape index (κ2) is 11.4. The van der Waals surface area contributed by atoms with Crippen molar-refractivity contribution < 1.29 is 34.1 Å². The van der Waals surface area contributed by atoms with Crippen LogP contribution in [0, 0.1) is 0 Å². The summed E-state index contributed by atoms with van der Waals surface area (Å²) in [5, 5.41) is 30.4. The maximum Gasteiger partial charge on any atom is 0.308 e. The maximum absolute atomic E-state index is 11.9. The largest absolute Gasteiger partial charge is 0.550 e. The van der Waals surface area contributed by atoms with Gasteiger partial charge in [0, 0.05) is 12.4 Å². The number of quaternary nitrogens is 1. The standard InChI is InChI=1S/C17H33NO6/c1-5-6-7-13(19)8-9-14(20)10-17(23)24-15(11-16(21)22)12-18(2,3)4/h13-15,19-20H,5-12H2,1-4H3. The maximum atomic E-state index is 11.9. The number of hydrogen-bond acceptors (Lipinski definition) is 6. The number of carbonyl (C=O) groups excluding carboxylic acids is 2. The number of aliphatic hydroxyl groups excluding tert-OH is 2. The van der Waals surface area contributed by atoms with E-state index in [-0.39, 0.29) is 12.8 Å². The van der Waals surface area contributed by atoms with Crippen LogP contribution in [0.3, 0.4) is 0 Å². The van der Waals surface area contributed by atoms with Gasteiger partial charge >= 0.3 is 5.97 Å². The summed E-state index contributed by atoms with van der Waals surface area (Å²) in [6.07, 6.45) is 0.605. The number of aliphatic carboxylic acids is 1. The number of unbranched alkanes of at least 4 members (excludes halogenated alkanes) is 1. The molecule has 0 aliphatic heterocycles. The summed E-state index contributed by atoms with van der Waals surface area (Å²) in [5.74, 6) is -1.91. The molecule has 3 atom stereocenters. The molecule has 0 aromatic heterocycles. The number of carboxylic acid groups (broad SMARTS) is 1. The van der Waals surface area contributed by atoms with Crippen molar-refractivity contribution in [2.45, 2.75) is 70.2 Å². The Hall–Kier alpha value is -1.18. The number of esters is 1. The van der Waals surface area contributed by atoms with E-state index in [0.717, 1.165) is 12.8 Å². The molecule has 0 bridgehead atoms. The van der Waals surface area contributed by atoms with E-state index < -0.39 is 30.3 Å². The predicted molar refractivity (Wildman–Crippen MR) is 87.8 cm³/mol. The SMILES string of the molecule is CCCCC(O)CCC(O)CC(=O)OC(CC(=O)[O-])C[N+](C)(C)C. The summed E-state index contributed by atoms with van der Waals surface area (Å²) >= 11 is 0. The number of nitrogens with zero attached hydrogens (tertiary/aromatic N) is 1. The number of carboxylic acids is 1. The average molecular weight is 347 g/mol. The molecule has 0 amide bonds. The molecule has 0 rings (SSSR count). The van der Waals surface area contributed by atoms with Gasteiger partial charge in [0.25, 0.3) is 0 Å². The highest BCUT2D eigenvalue weighted by Crippen LogP contribution is 2.12. The molecule has 24 heavy (non-hydrogen) atoms. The first-order chi connectivity index (χ1) is 11.0. The van der Waals surface area contributed by atoms with Crippen LogP contribution >= 0.6 is 0 Å². The third-order valence-electron chi connectivity index (χ3n) is 3.57. The van der Waals surface area contributed by atoms with Crippen LogP contribution in [0.4, 0.5) is 0 Å². The molecule has 0 radical (unpaired) electrons. The summed E-state index contributed by atoms with van der Waals surface area (Å²) in [6, 6.07) is 0. The third kappa shape index (κ3) is 13.3. The van der Waals surface area contributed by atoms with Gasteiger partial charge in [-0.3, -0.25) is 4.79 Å². The average Bonchev–Trinajstić information content (AvgIpc) is 2.39. The number of aliphatic hydroxyl groups is 2.